The molecule has 2 amide bonds. The lowest BCUT2D eigenvalue weighted by Crippen LogP contribution is -2.46. The van der Waals surface area contributed by atoms with Gasteiger partial charge >= 0.3 is 0 Å². The Bertz CT molecular complexity index is 936. The molecular weight excluding hydrogens is 351 g/mol. The summed E-state index contributed by atoms with van der Waals surface area (Å²) in [7, 11) is 1.75. The van der Waals surface area contributed by atoms with E-state index in [1.54, 1.807) is 48.3 Å². The van der Waals surface area contributed by atoms with Crippen molar-refractivity contribution in [1.82, 2.24) is 20.2 Å². The fraction of sp³-hybridized carbons (Fsp3) is 0.211. The number of amides is 2. The van der Waals surface area contributed by atoms with Gasteiger partial charge < -0.3 is 19.6 Å². The Morgan fingerprint density at radius 2 is 1.96 bits per heavy atom. The number of aryl methyl sites for hydroxylation is 1. The van der Waals surface area contributed by atoms with Crippen molar-refractivity contribution in [3.63, 3.8) is 0 Å². The van der Waals surface area contributed by atoms with Gasteiger partial charge in [-0.2, -0.15) is 0 Å². The summed E-state index contributed by atoms with van der Waals surface area (Å²) in [5.41, 5.74) is 0.282. The molecule has 8 heteroatoms. The summed E-state index contributed by atoms with van der Waals surface area (Å²) in [6, 6.07) is 7.56. The maximum atomic E-state index is 14.3. The molecule has 0 aliphatic carbocycles. The molecule has 27 heavy (non-hydrogen) atoms. The SMILES string of the molecule is CC(NC(=O)c1ccco1)C(=O)NC(c1ccccc1F)c1nccn1C. The van der Waals surface area contributed by atoms with E-state index in [1.807, 2.05) is 0 Å². The van der Waals surface area contributed by atoms with Crippen molar-refractivity contribution in [3.05, 3.63) is 78.0 Å². The van der Waals surface area contributed by atoms with Crippen LogP contribution >= 0.6 is 0 Å². The Kier molecular flexibility index (Phi) is 5.35. The lowest BCUT2D eigenvalue weighted by molar-refractivity contribution is -0.123. The molecule has 0 saturated heterocycles. The van der Waals surface area contributed by atoms with Crippen LogP contribution in [0.2, 0.25) is 0 Å². The maximum absolute atomic E-state index is 14.3. The van der Waals surface area contributed by atoms with Crippen LogP contribution in [0.5, 0.6) is 0 Å². The Hall–Kier alpha value is -3.42. The van der Waals surface area contributed by atoms with Crippen molar-refractivity contribution in [2.24, 2.45) is 7.05 Å². The third kappa shape index (κ3) is 4.05. The average Bonchev–Trinajstić information content (AvgIpc) is 3.32. The summed E-state index contributed by atoms with van der Waals surface area (Å²) in [5.74, 6) is -0.881. The molecule has 2 unspecified atom stereocenters. The first-order valence-electron chi connectivity index (χ1n) is 8.33. The second kappa shape index (κ2) is 7.86. The molecule has 0 radical (unpaired) electrons. The Morgan fingerprint density at radius 3 is 2.59 bits per heavy atom. The molecule has 3 rings (SSSR count). The van der Waals surface area contributed by atoms with Crippen LogP contribution in [0.3, 0.4) is 0 Å². The van der Waals surface area contributed by atoms with Gasteiger partial charge in [0.25, 0.3) is 5.91 Å². The van der Waals surface area contributed by atoms with Gasteiger partial charge in [0.15, 0.2) is 5.76 Å². The fourth-order valence-corrected chi connectivity index (χ4v) is 2.65. The number of imidazole rings is 1. The lowest BCUT2D eigenvalue weighted by atomic mass is 10.0. The van der Waals surface area contributed by atoms with Gasteiger partial charge in [0.05, 0.1) is 6.26 Å². The highest BCUT2D eigenvalue weighted by atomic mass is 19.1. The van der Waals surface area contributed by atoms with Crippen LogP contribution in [0.4, 0.5) is 4.39 Å². The molecule has 0 saturated carbocycles. The predicted molar refractivity (Wildman–Crippen MR) is 95.2 cm³/mol. The van der Waals surface area contributed by atoms with Crippen LogP contribution in [-0.4, -0.2) is 27.4 Å². The largest absolute Gasteiger partial charge is 0.459 e. The van der Waals surface area contributed by atoms with Gasteiger partial charge in [-0.15, -0.1) is 0 Å². The summed E-state index contributed by atoms with van der Waals surface area (Å²) < 4.78 is 21.0. The smallest absolute Gasteiger partial charge is 0.287 e. The molecule has 1 aromatic carbocycles. The van der Waals surface area contributed by atoms with Crippen LogP contribution in [0.15, 0.2) is 59.5 Å². The number of furan rings is 1. The van der Waals surface area contributed by atoms with E-state index in [-0.39, 0.29) is 11.3 Å². The van der Waals surface area contributed by atoms with Crippen molar-refractivity contribution >= 4 is 11.8 Å². The molecule has 3 aromatic rings. The van der Waals surface area contributed by atoms with Crippen molar-refractivity contribution in [2.45, 2.75) is 19.0 Å². The summed E-state index contributed by atoms with van der Waals surface area (Å²) >= 11 is 0. The number of nitrogens with one attached hydrogen (secondary N) is 2. The number of rotatable bonds is 6. The number of halogens is 1. The van der Waals surface area contributed by atoms with Gasteiger partial charge in [0, 0.05) is 25.0 Å². The number of carbonyl (C=O) groups excluding carboxylic acids is 2. The molecule has 2 atom stereocenters. The molecule has 2 aromatic heterocycles. The molecule has 7 nitrogen and oxygen atoms in total. The second-order valence-corrected chi connectivity index (χ2v) is 6.03. The van der Waals surface area contributed by atoms with Crippen LogP contribution < -0.4 is 10.6 Å². The minimum Gasteiger partial charge on any atom is -0.459 e. The number of benzene rings is 1. The predicted octanol–water partition coefficient (Wildman–Crippen LogP) is 2.18. The van der Waals surface area contributed by atoms with Crippen molar-refractivity contribution < 1.29 is 18.4 Å². The number of hydrogen-bond donors (Lipinski definition) is 2. The van der Waals surface area contributed by atoms with E-state index < -0.39 is 29.7 Å². The van der Waals surface area contributed by atoms with E-state index in [9.17, 15) is 14.0 Å². The van der Waals surface area contributed by atoms with Crippen LogP contribution in [0.1, 0.15) is 34.9 Å². The van der Waals surface area contributed by atoms with Crippen molar-refractivity contribution in [3.8, 4) is 0 Å². The zero-order valence-electron chi connectivity index (χ0n) is 14.8. The van der Waals surface area contributed by atoms with Gasteiger partial charge in [0.2, 0.25) is 5.91 Å². The quantitative estimate of drug-likeness (QED) is 0.696. The number of carbonyl (C=O) groups is 2. The molecule has 140 valence electrons. The topological polar surface area (TPSA) is 89.2 Å². The monoisotopic (exact) mass is 370 g/mol. The first-order chi connectivity index (χ1) is 13.0. The van der Waals surface area contributed by atoms with Crippen LogP contribution in [0.25, 0.3) is 0 Å². The average molecular weight is 370 g/mol. The second-order valence-electron chi connectivity index (χ2n) is 6.03. The normalized spacial score (nSPS) is 13.0. The standard InChI is InChI=1S/C19H19FN4O3/c1-12(22-19(26)15-8-5-11-27-15)18(25)23-16(17-21-9-10-24(17)2)13-6-3-4-7-14(13)20/h3-12,16H,1-2H3,(H,22,26)(H,23,25). The maximum Gasteiger partial charge on any atom is 0.287 e. The fourth-order valence-electron chi connectivity index (χ4n) is 2.65. The highest BCUT2D eigenvalue weighted by molar-refractivity contribution is 5.95. The number of hydrogen-bond acceptors (Lipinski definition) is 4. The zero-order chi connectivity index (χ0) is 19.4. The van der Waals surface area contributed by atoms with E-state index in [1.165, 1.54) is 25.3 Å². The van der Waals surface area contributed by atoms with Gasteiger partial charge in [-0.25, -0.2) is 9.37 Å². The lowest BCUT2D eigenvalue weighted by Gasteiger charge is -2.22. The molecule has 0 aliphatic heterocycles. The minimum atomic E-state index is -0.864. The van der Waals surface area contributed by atoms with Crippen LogP contribution in [0, 0.1) is 5.82 Å². The molecule has 0 bridgehead atoms. The summed E-state index contributed by atoms with van der Waals surface area (Å²) in [5, 5.41) is 5.31. The highest BCUT2D eigenvalue weighted by Crippen LogP contribution is 2.23. The number of aromatic nitrogens is 2. The van der Waals surface area contributed by atoms with Gasteiger partial charge in [0.1, 0.15) is 23.7 Å². The van der Waals surface area contributed by atoms with Crippen LogP contribution in [-0.2, 0) is 11.8 Å². The molecule has 2 heterocycles. The van der Waals surface area contributed by atoms with Gasteiger partial charge in [-0.3, -0.25) is 9.59 Å². The van der Waals surface area contributed by atoms with Crippen molar-refractivity contribution in [1.29, 1.82) is 0 Å². The van der Waals surface area contributed by atoms with E-state index in [2.05, 4.69) is 15.6 Å². The molecule has 0 fully saturated rings. The van der Waals surface area contributed by atoms with Gasteiger partial charge in [-0.05, 0) is 25.1 Å². The van der Waals surface area contributed by atoms with Gasteiger partial charge in [-0.1, -0.05) is 18.2 Å². The van der Waals surface area contributed by atoms with Crippen molar-refractivity contribution in [2.75, 3.05) is 0 Å². The van der Waals surface area contributed by atoms with E-state index in [0.717, 1.165) is 0 Å². The highest BCUT2D eigenvalue weighted by Gasteiger charge is 2.26. The summed E-state index contributed by atoms with van der Waals surface area (Å²) in [4.78, 5) is 28.9. The molecule has 0 spiro atoms. The minimum absolute atomic E-state index is 0.101. The zero-order valence-corrected chi connectivity index (χ0v) is 14.8. The van der Waals surface area contributed by atoms with E-state index >= 15 is 0 Å². The summed E-state index contributed by atoms with van der Waals surface area (Å²) in [6.07, 6.45) is 4.64. The third-order valence-corrected chi connectivity index (χ3v) is 4.11. The molecule has 2 N–H and O–H groups in total. The third-order valence-electron chi connectivity index (χ3n) is 4.11. The van der Waals surface area contributed by atoms with E-state index in [4.69, 9.17) is 4.42 Å². The Morgan fingerprint density at radius 1 is 1.19 bits per heavy atom. The Balaban J connectivity index is 1.80. The number of nitrogens with zero attached hydrogens (tertiary/aromatic N) is 2. The molecular formula is C19H19FN4O3. The van der Waals surface area contributed by atoms with E-state index in [0.29, 0.717) is 5.82 Å². The Labute approximate surface area is 155 Å². The summed E-state index contributed by atoms with van der Waals surface area (Å²) in [6.45, 7) is 1.53. The first-order valence-corrected chi connectivity index (χ1v) is 8.33. The first kappa shape index (κ1) is 18.4. The molecule has 0 aliphatic rings.